The molecule has 1 fully saturated rings. The number of fused-ring (bicyclic) bond motifs is 4. The summed E-state index contributed by atoms with van der Waals surface area (Å²) in [4.78, 5) is 48.7. The summed E-state index contributed by atoms with van der Waals surface area (Å²) in [6.07, 6.45) is 0.380. The molecule has 8 nitrogen and oxygen atoms in total. The van der Waals surface area contributed by atoms with Crippen molar-refractivity contribution in [2.24, 2.45) is 0 Å². The van der Waals surface area contributed by atoms with Crippen LogP contribution < -0.4 is 15.0 Å². The Morgan fingerprint density at radius 3 is 2.49 bits per heavy atom. The van der Waals surface area contributed by atoms with Crippen molar-refractivity contribution in [1.29, 1.82) is 0 Å². The third kappa shape index (κ3) is 4.83. The van der Waals surface area contributed by atoms with Crippen LogP contribution in [0.1, 0.15) is 64.1 Å². The number of H-pyrrole nitrogens is 1. The lowest BCUT2D eigenvalue weighted by atomic mass is 9.88. The minimum Gasteiger partial charge on any atom is -0.497 e. The van der Waals surface area contributed by atoms with Gasteiger partial charge < -0.3 is 15.0 Å². The Morgan fingerprint density at radius 2 is 1.71 bits per heavy atom. The average Bonchev–Trinajstić information content (AvgIpc) is 3.56. The number of methoxy groups -OCH3 is 1. The van der Waals surface area contributed by atoms with Crippen LogP contribution in [-0.2, 0) is 17.8 Å². The number of benzene rings is 4. The van der Waals surface area contributed by atoms with E-state index in [4.69, 9.17) is 4.74 Å². The number of urea groups is 1. The normalized spacial score (nSPS) is 17.5. The predicted octanol–water partition coefficient (Wildman–Crippen LogP) is 6.71. The number of nitrogens with one attached hydrogen (secondary N) is 2. The number of carbonyl (C=O) groups is 3. The van der Waals surface area contributed by atoms with Crippen molar-refractivity contribution in [1.82, 2.24) is 15.2 Å². The van der Waals surface area contributed by atoms with E-state index in [1.54, 1.807) is 36.3 Å². The molecule has 0 aliphatic carbocycles. The average molecular weight is 599 g/mol. The first-order valence-corrected chi connectivity index (χ1v) is 15.2. The third-order valence-electron chi connectivity index (χ3n) is 8.94. The van der Waals surface area contributed by atoms with Crippen molar-refractivity contribution in [3.05, 3.63) is 131 Å². The maximum atomic E-state index is 14.4. The van der Waals surface area contributed by atoms with Crippen LogP contribution in [-0.4, -0.2) is 40.9 Å². The van der Waals surface area contributed by atoms with Gasteiger partial charge in [-0.2, -0.15) is 0 Å². The molecule has 2 aliphatic heterocycles. The first kappa shape index (κ1) is 28.4. The van der Waals surface area contributed by atoms with Gasteiger partial charge in [-0.25, -0.2) is 9.69 Å². The molecule has 3 heterocycles. The number of nitrogens with zero attached hydrogens (tertiary/aromatic N) is 2. The highest BCUT2D eigenvalue weighted by Crippen LogP contribution is 2.45. The van der Waals surface area contributed by atoms with E-state index in [0.717, 1.165) is 33.3 Å². The molecular weight excluding hydrogens is 564 g/mol. The van der Waals surface area contributed by atoms with E-state index in [1.165, 1.54) is 10.5 Å². The van der Waals surface area contributed by atoms with E-state index in [9.17, 15) is 14.4 Å². The summed E-state index contributed by atoms with van der Waals surface area (Å²) in [7, 11) is 1.59. The number of rotatable bonds is 7. The molecule has 1 saturated heterocycles. The molecule has 0 saturated carbocycles. The smallest absolute Gasteiger partial charge is 0.332 e. The van der Waals surface area contributed by atoms with Crippen molar-refractivity contribution in [3.63, 3.8) is 0 Å². The van der Waals surface area contributed by atoms with Crippen molar-refractivity contribution in [3.8, 4) is 5.75 Å². The highest BCUT2D eigenvalue weighted by molar-refractivity contribution is 6.24. The molecule has 0 spiro atoms. The Balaban J connectivity index is 1.26. The Hall–Kier alpha value is -5.37. The van der Waals surface area contributed by atoms with Crippen LogP contribution in [0.4, 0.5) is 10.5 Å². The van der Waals surface area contributed by atoms with Gasteiger partial charge in [-0.15, -0.1) is 0 Å². The van der Waals surface area contributed by atoms with Crippen LogP contribution in [0.2, 0.25) is 0 Å². The van der Waals surface area contributed by atoms with Gasteiger partial charge in [0.05, 0.1) is 18.4 Å². The Bertz CT molecular complexity index is 1940. The van der Waals surface area contributed by atoms with Gasteiger partial charge in [0.1, 0.15) is 17.8 Å². The van der Waals surface area contributed by atoms with Crippen molar-refractivity contribution in [2.75, 3.05) is 12.0 Å². The van der Waals surface area contributed by atoms with E-state index in [2.05, 4.69) is 54.5 Å². The molecular formula is C37H34N4O4. The fraction of sp³-hybridized carbons (Fsp3) is 0.216. The molecule has 45 heavy (non-hydrogen) atoms. The standard InChI is InChI=1S/C37H34N4O4/c1-22(2)24-15-17-25(18-16-24)34-33-29(27-11-4-6-13-30(27)39-33)20-32-36(43)41(37(44)40(32)34)31-14-7-5-12-28(31)35(42)38-21-23-9-8-10-26(19-23)45-3/h4-19,22,32,34,39H,20-21H2,1-3H3,(H,38,42)/t32-,34-/m0/s1. The zero-order valence-electron chi connectivity index (χ0n) is 25.4. The lowest BCUT2D eigenvalue weighted by molar-refractivity contribution is -0.120. The zero-order chi connectivity index (χ0) is 31.2. The molecule has 2 aliphatic rings. The van der Waals surface area contributed by atoms with Crippen molar-refractivity contribution >= 4 is 34.4 Å². The number of imide groups is 1. The highest BCUT2D eigenvalue weighted by Gasteiger charge is 2.53. The SMILES string of the molecule is COc1cccc(CNC(=O)c2ccccc2N2C(=O)[C@@H]3Cc4c([nH]c5ccccc45)[C@H](c4ccc(C(C)C)cc4)N3C2=O)c1. The number of amides is 4. The van der Waals surface area contributed by atoms with E-state index in [1.807, 2.05) is 42.5 Å². The van der Waals surface area contributed by atoms with Gasteiger partial charge in [-0.1, -0.05) is 80.6 Å². The zero-order valence-corrected chi connectivity index (χ0v) is 25.4. The molecule has 4 amide bonds. The Morgan fingerprint density at radius 1 is 0.956 bits per heavy atom. The van der Waals surface area contributed by atoms with Gasteiger partial charge in [-0.05, 0) is 58.5 Å². The van der Waals surface area contributed by atoms with Crippen LogP contribution >= 0.6 is 0 Å². The maximum absolute atomic E-state index is 14.4. The topological polar surface area (TPSA) is 94.7 Å². The number of hydrogen-bond acceptors (Lipinski definition) is 4. The number of aromatic nitrogens is 1. The predicted molar refractivity (Wildman–Crippen MR) is 173 cm³/mol. The molecule has 0 unspecified atom stereocenters. The quantitative estimate of drug-likeness (QED) is 0.204. The lowest BCUT2D eigenvalue weighted by Crippen LogP contribution is -2.44. The van der Waals surface area contributed by atoms with Gasteiger partial charge in [-0.3, -0.25) is 14.5 Å². The Kier molecular flexibility index (Phi) is 7.12. The summed E-state index contributed by atoms with van der Waals surface area (Å²) < 4.78 is 5.30. The molecule has 4 aromatic carbocycles. The summed E-state index contributed by atoms with van der Waals surface area (Å²) in [5, 5.41) is 3.99. The van der Waals surface area contributed by atoms with Crippen molar-refractivity contribution < 1.29 is 19.1 Å². The molecule has 226 valence electrons. The molecule has 7 rings (SSSR count). The minimum absolute atomic E-state index is 0.253. The second kappa shape index (κ2) is 11.3. The van der Waals surface area contributed by atoms with Crippen LogP contribution in [0.3, 0.4) is 0 Å². The molecule has 0 radical (unpaired) electrons. The van der Waals surface area contributed by atoms with E-state index in [-0.39, 0.29) is 29.6 Å². The van der Waals surface area contributed by atoms with Gasteiger partial charge in [0.15, 0.2) is 0 Å². The van der Waals surface area contributed by atoms with E-state index in [0.29, 0.717) is 18.1 Å². The van der Waals surface area contributed by atoms with Gasteiger partial charge in [0, 0.05) is 29.6 Å². The fourth-order valence-corrected chi connectivity index (χ4v) is 6.63. The second-order valence-electron chi connectivity index (χ2n) is 11.9. The first-order chi connectivity index (χ1) is 21.9. The molecule has 2 atom stereocenters. The molecule has 2 N–H and O–H groups in total. The summed E-state index contributed by atoms with van der Waals surface area (Å²) in [5.74, 6) is 0.334. The van der Waals surface area contributed by atoms with Crippen LogP contribution in [0, 0.1) is 0 Å². The monoisotopic (exact) mass is 598 g/mol. The van der Waals surface area contributed by atoms with Gasteiger partial charge in [0.2, 0.25) is 0 Å². The Labute approximate surface area is 261 Å². The van der Waals surface area contributed by atoms with Crippen LogP contribution in [0.25, 0.3) is 10.9 Å². The molecule has 1 aromatic heterocycles. The van der Waals surface area contributed by atoms with E-state index >= 15 is 0 Å². The third-order valence-corrected chi connectivity index (χ3v) is 8.94. The fourth-order valence-electron chi connectivity index (χ4n) is 6.63. The summed E-state index contributed by atoms with van der Waals surface area (Å²) in [6.45, 7) is 4.55. The summed E-state index contributed by atoms with van der Waals surface area (Å²) in [5.41, 5.74) is 6.43. The van der Waals surface area contributed by atoms with Gasteiger partial charge in [0.25, 0.3) is 11.8 Å². The number of anilines is 1. The van der Waals surface area contributed by atoms with Gasteiger partial charge >= 0.3 is 6.03 Å². The largest absolute Gasteiger partial charge is 0.497 e. The number of aromatic amines is 1. The number of hydrogen-bond donors (Lipinski definition) is 2. The molecule has 5 aromatic rings. The second-order valence-corrected chi connectivity index (χ2v) is 11.9. The van der Waals surface area contributed by atoms with E-state index < -0.39 is 18.1 Å². The summed E-state index contributed by atoms with van der Waals surface area (Å²) in [6, 6.07) is 28.9. The molecule has 0 bridgehead atoms. The van der Waals surface area contributed by atoms with Crippen LogP contribution in [0.5, 0.6) is 5.75 Å². The molecule has 8 heteroatoms. The number of ether oxygens (including phenoxy) is 1. The lowest BCUT2D eigenvalue weighted by Gasteiger charge is -2.36. The maximum Gasteiger partial charge on any atom is 0.332 e. The van der Waals surface area contributed by atoms with Crippen LogP contribution in [0.15, 0.2) is 97.1 Å². The number of carbonyl (C=O) groups excluding carboxylic acids is 3. The highest BCUT2D eigenvalue weighted by atomic mass is 16.5. The minimum atomic E-state index is -0.716. The number of para-hydroxylation sites is 2. The first-order valence-electron chi connectivity index (χ1n) is 15.2. The van der Waals surface area contributed by atoms with Crippen molar-refractivity contribution in [2.45, 2.75) is 44.8 Å². The summed E-state index contributed by atoms with van der Waals surface area (Å²) >= 11 is 0.